The Hall–Kier alpha value is -0.910. The second-order valence-electron chi connectivity index (χ2n) is 4.74. The topological polar surface area (TPSA) is 50.4 Å². The van der Waals surface area contributed by atoms with Crippen LogP contribution in [-0.2, 0) is 9.53 Å². The van der Waals surface area contributed by atoms with Gasteiger partial charge in [0.15, 0.2) is 0 Å². The molecule has 0 radical (unpaired) electrons. The summed E-state index contributed by atoms with van der Waals surface area (Å²) in [5.41, 5.74) is 1.10. The van der Waals surface area contributed by atoms with Crippen LogP contribution in [0.1, 0.15) is 24.9 Å². The predicted molar refractivity (Wildman–Crippen MR) is 77.9 cm³/mol. The van der Waals surface area contributed by atoms with Gasteiger partial charge in [0, 0.05) is 17.6 Å². The molecule has 19 heavy (non-hydrogen) atoms. The van der Waals surface area contributed by atoms with Gasteiger partial charge in [-0.05, 0) is 24.6 Å². The number of hydrogen-bond acceptors (Lipinski definition) is 3. The van der Waals surface area contributed by atoms with E-state index >= 15 is 0 Å². The average Bonchev–Trinajstić information content (AvgIpc) is 2.40. The van der Waals surface area contributed by atoms with E-state index in [-0.39, 0.29) is 18.1 Å². The lowest BCUT2D eigenvalue weighted by Crippen LogP contribution is -2.41. The molecule has 0 aliphatic carbocycles. The molecule has 1 aliphatic rings. The minimum absolute atomic E-state index is 0.00846. The Kier molecular flexibility index (Phi) is 5.36. The number of nitrogens with one attached hydrogen (secondary N) is 2. The van der Waals surface area contributed by atoms with Gasteiger partial charge in [-0.25, -0.2) is 0 Å². The van der Waals surface area contributed by atoms with E-state index in [4.69, 9.17) is 4.74 Å². The summed E-state index contributed by atoms with van der Waals surface area (Å²) in [6.07, 6.45) is 0.402. The molecule has 0 bridgehead atoms. The number of benzene rings is 1. The van der Waals surface area contributed by atoms with Crippen molar-refractivity contribution < 1.29 is 9.53 Å². The molecule has 0 saturated carbocycles. The van der Waals surface area contributed by atoms with Crippen molar-refractivity contribution in [2.24, 2.45) is 0 Å². The molecule has 1 saturated heterocycles. The first-order valence-corrected chi connectivity index (χ1v) is 7.31. The van der Waals surface area contributed by atoms with Crippen LogP contribution in [0.5, 0.6) is 0 Å². The van der Waals surface area contributed by atoms with Crippen LogP contribution in [0.4, 0.5) is 0 Å². The first-order valence-electron chi connectivity index (χ1n) is 6.52. The van der Waals surface area contributed by atoms with Crippen LogP contribution < -0.4 is 10.6 Å². The molecule has 2 atom stereocenters. The van der Waals surface area contributed by atoms with Crippen molar-refractivity contribution in [3.63, 3.8) is 0 Å². The van der Waals surface area contributed by atoms with Crippen molar-refractivity contribution in [1.29, 1.82) is 0 Å². The highest BCUT2D eigenvalue weighted by atomic mass is 79.9. The Morgan fingerprint density at radius 2 is 2.26 bits per heavy atom. The summed E-state index contributed by atoms with van der Waals surface area (Å²) in [6, 6.07) is 7.98. The number of hydrogen-bond donors (Lipinski definition) is 2. The first kappa shape index (κ1) is 14.5. The van der Waals surface area contributed by atoms with Crippen LogP contribution in [-0.4, -0.2) is 31.7 Å². The second-order valence-corrected chi connectivity index (χ2v) is 5.66. The maximum Gasteiger partial charge on any atom is 0.223 e. The van der Waals surface area contributed by atoms with E-state index in [1.54, 1.807) is 0 Å². The van der Waals surface area contributed by atoms with Gasteiger partial charge in [-0.15, -0.1) is 0 Å². The maximum atomic E-state index is 11.9. The van der Waals surface area contributed by atoms with Crippen molar-refractivity contribution in [2.75, 3.05) is 19.7 Å². The zero-order valence-corrected chi connectivity index (χ0v) is 12.6. The fraction of sp³-hybridized carbons (Fsp3) is 0.500. The third-order valence-corrected chi connectivity index (χ3v) is 3.69. The van der Waals surface area contributed by atoms with Crippen molar-refractivity contribution >= 4 is 21.8 Å². The molecule has 1 amide bonds. The summed E-state index contributed by atoms with van der Waals surface area (Å²) < 4.78 is 6.56. The van der Waals surface area contributed by atoms with Crippen molar-refractivity contribution in [3.8, 4) is 0 Å². The highest BCUT2D eigenvalue weighted by Gasteiger charge is 2.18. The Morgan fingerprint density at radius 3 is 2.89 bits per heavy atom. The number of amides is 1. The minimum Gasteiger partial charge on any atom is -0.375 e. The maximum absolute atomic E-state index is 11.9. The van der Waals surface area contributed by atoms with Crippen molar-refractivity contribution in [2.45, 2.75) is 25.5 Å². The number of ether oxygens (including phenoxy) is 1. The van der Waals surface area contributed by atoms with E-state index in [1.165, 1.54) is 0 Å². The van der Waals surface area contributed by atoms with Crippen LogP contribution in [0.15, 0.2) is 28.7 Å². The molecule has 0 spiro atoms. The number of morpholine rings is 1. The molecule has 1 fully saturated rings. The highest BCUT2D eigenvalue weighted by molar-refractivity contribution is 9.10. The van der Waals surface area contributed by atoms with Crippen LogP contribution in [0.25, 0.3) is 0 Å². The lowest BCUT2D eigenvalue weighted by molar-refractivity contribution is -0.125. The lowest BCUT2D eigenvalue weighted by atomic mass is 10.1. The molecule has 104 valence electrons. The van der Waals surface area contributed by atoms with Gasteiger partial charge >= 0.3 is 0 Å². The van der Waals surface area contributed by atoms with Crippen LogP contribution in [0.2, 0.25) is 0 Å². The van der Waals surface area contributed by atoms with E-state index in [1.807, 2.05) is 31.2 Å². The second kappa shape index (κ2) is 7.03. The molecular weight excluding hydrogens is 308 g/mol. The van der Waals surface area contributed by atoms with Gasteiger partial charge in [-0.2, -0.15) is 0 Å². The molecule has 0 aromatic heterocycles. The summed E-state index contributed by atoms with van der Waals surface area (Å²) in [6.45, 7) is 4.29. The van der Waals surface area contributed by atoms with Crippen LogP contribution in [0, 0.1) is 0 Å². The normalized spacial score (nSPS) is 20.8. The fourth-order valence-corrected chi connectivity index (χ4v) is 2.36. The van der Waals surface area contributed by atoms with Crippen LogP contribution in [0.3, 0.4) is 0 Å². The van der Waals surface area contributed by atoms with Gasteiger partial charge in [-0.3, -0.25) is 4.79 Å². The summed E-state index contributed by atoms with van der Waals surface area (Å²) in [7, 11) is 0. The van der Waals surface area contributed by atoms with E-state index in [0.29, 0.717) is 13.0 Å². The van der Waals surface area contributed by atoms with E-state index in [2.05, 4.69) is 26.6 Å². The van der Waals surface area contributed by atoms with Gasteiger partial charge in [0.1, 0.15) is 0 Å². The first-order chi connectivity index (χ1) is 9.15. The lowest BCUT2D eigenvalue weighted by Gasteiger charge is -2.24. The smallest absolute Gasteiger partial charge is 0.223 e. The van der Waals surface area contributed by atoms with Gasteiger partial charge in [0.2, 0.25) is 5.91 Å². The van der Waals surface area contributed by atoms with Crippen molar-refractivity contribution in [3.05, 3.63) is 34.3 Å². The zero-order chi connectivity index (χ0) is 13.7. The average molecular weight is 327 g/mol. The monoisotopic (exact) mass is 326 g/mol. The largest absolute Gasteiger partial charge is 0.375 e. The zero-order valence-electron chi connectivity index (χ0n) is 11.0. The molecule has 1 aromatic rings. The summed E-state index contributed by atoms with van der Waals surface area (Å²) in [5, 5.41) is 6.22. The van der Waals surface area contributed by atoms with Gasteiger partial charge < -0.3 is 15.4 Å². The molecule has 2 N–H and O–H groups in total. The molecular formula is C14H19BrN2O2. The number of halogens is 1. The fourth-order valence-electron chi connectivity index (χ4n) is 2.09. The number of rotatable bonds is 4. The van der Waals surface area contributed by atoms with Gasteiger partial charge in [-0.1, -0.05) is 28.1 Å². The SMILES string of the molecule is C[C@H](NC(=O)CC1CNCCO1)c1ccc(Br)cc1. The third kappa shape index (κ3) is 4.60. The molecule has 1 heterocycles. The Morgan fingerprint density at radius 1 is 1.53 bits per heavy atom. The standard InChI is InChI=1S/C14H19BrN2O2/c1-10(11-2-4-12(15)5-3-11)17-14(18)8-13-9-16-6-7-19-13/h2-5,10,13,16H,6-9H2,1H3,(H,17,18)/t10-,13?/m0/s1. The number of carbonyl (C=O) groups excluding carboxylic acids is 1. The summed E-state index contributed by atoms with van der Waals surface area (Å²) in [4.78, 5) is 11.9. The molecule has 1 aromatic carbocycles. The minimum atomic E-state index is -0.00846. The molecule has 1 aliphatic heterocycles. The molecule has 5 heteroatoms. The Labute approximate surface area is 122 Å². The molecule has 1 unspecified atom stereocenters. The summed E-state index contributed by atoms with van der Waals surface area (Å²) >= 11 is 3.40. The quantitative estimate of drug-likeness (QED) is 0.889. The van der Waals surface area contributed by atoms with E-state index < -0.39 is 0 Å². The van der Waals surface area contributed by atoms with Crippen LogP contribution >= 0.6 is 15.9 Å². The highest BCUT2D eigenvalue weighted by Crippen LogP contribution is 2.16. The van der Waals surface area contributed by atoms with Crippen molar-refractivity contribution in [1.82, 2.24) is 10.6 Å². The van der Waals surface area contributed by atoms with Gasteiger partial charge in [0.05, 0.1) is 25.2 Å². The van der Waals surface area contributed by atoms with Gasteiger partial charge in [0.25, 0.3) is 0 Å². The molecule has 2 rings (SSSR count). The summed E-state index contributed by atoms with van der Waals surface area (Å²) in [5.74, 6) is 0.0316. The Balaban J connectivity index is 1.82. The third-order valence-electron chi connectivity index (χ3n) is 3.16. The van der Waals surface area contributed by atoms with E-state index in [0.717, 1.165) is 23.1 Å². The predicted octanol–water partition coefficient (Wildman–Crippen LogP) is 2.00. The van der Waals surface area contributed by atoms with E-state index in [9.17, 15) is 4.79 Å². The Bertz CT molecular complexity index is 416. The molecule has 4 nitrogen and oxygen atoms in total. The number of carbonyl (C=O) groups is 1.